The van der Waals surface area contributed by atoms with Crippen LogP contribution in [0.4, 0.5) is 0 Å². The monoisotopic (exact) mass is 431 g/mol. The van der Waals surface area contributed by atoms with E-state index in [9.17, 15) is 9.90 Å². The number of carboxylic acid groups (broad SMARTS) is 1. The molecule has 7 heteroatoms. The zero-order chi connectivity index (χ0) is 22.6. The first kappa shape index (κ1) is 21.7. The van der Waals surface area contributed by atoms with Crippen LogP contribution in [-0.4, -0.2) is 36.3 Å². The molecule has 0 amide bonds. The summed E-state index contributed by atoms with van der Waals surface area (Å²) in [6, 6.07) is 17.5. The molecule has 32 heavy (non-hydrogen) atoms. The number of benzene rings is 2. The normalized spacial score (nSPS) is 14.3. The zero-order valence-electron chi connectivity index (χ0n) is 18.5. The third-order valence-electron chi connectivity index (χ3n) is 6.47. The van der Waals surface area contributed by atoms with Crippen LogP contribution in [0, 0.1) is 5.92 Å². The molecule has 0 saturated heterocycles. The van der Waals surface area contributed by atoms with E-state index in [2.05, 4.69) is 34.5 Å². The van der Waals surface area contributed by atoms with Crippen LogP contribution in [0.2, 0.25) is 0 Å². The van der Waals surface area contributed by atoms with E-state index >= 15 is 0 Å². The predicted molar refractivity (Wildman–Crippen MR) is 124 cm³/mol. The minimum Gasteiger partial charge on any atom is -0.479 e. The summed E-state index contributed by atoms with van der Waals surface area (Å²) in [5, 5.41) is 26.6. The Hall–Kier alpha value is -3.48. The van der Waals surface area contributed by atoms with Gasteiger partial charge in [-0.25, -0.2) is 4.79 Å². The molecule has 2 N–H and O–H groups in total. The van der Waals surface area contributed by atoms with Gasteiger partial charge in [0, 0.05) is 22.8 Å². The zero-order valence-corrected chi connectivity index (χ0v) is 18.5. The van der Waals surface area contributed by atoms with Crippen molar-refractivity contribution in [3.8, 4) is 11.4 Å². The molecule has 0 spiro atoms. The fraction of sp³-hybridized carbons (Fsp3) is 0.360. The number of tetrazole rings is 1. The van der Waals surface area contributed by atoms with Gasteiger partial charge in [-0.1, -0.05) is 82.0 Å². The van der Waals surface area contributed by atoms with Gasteiger partial charge < -0.3 is 9.67 Å². The first-order chi connectivity index (χ1) is 15.6. The summed E-state index contributed by atoms with van der Waals surface area (Å²) >= 11 is 0. The smallest absolute Gasteiger partial charge is 0.334 e. The van der Waals surface area contributed by atoms with Crippen molar-refractivity contribution in [1.29, 1.82) is 0 Å². The molecule has 0 radical (unpaired) electrons. The fourth-order valence-corrected chi connectivity index (χ4v) is 4.97. The maximum absolute atomic E-state index is 13.4. The summed E-state index contributed by atoms with van der Waals surface area (Å²) in [5.74, 6) is -0.611. The van der Waals surface area contributed by atoms with Crippen molar-refractivity contribution in [2.75, 3.05) is 0 Å². The lowest BCUT2D eigenvalue weighted by Gasteiger charge is -2.40. The molecule has 7 nitrogen and oxygen atoms in total. The van der Waals surface area contributed by atoms with Crippen molar-refractivity contribution in [1.82, 2.24) is 25.2 Å². The van der Waals surface area contributed by atoms with E-state index < -0.39 is 11.5 Å². The number of aliphatic carboxylic acids is 1. The lowest BCUT2D eigenvalue weighted by molar-refractivity contribution is -0.148. The Balaban J connectivity index is 2.04. The van der Waals surface area contributed by atoms with Crippen LogP contribution in [0.1, 0.15) is 51.5 Å². The molecule has 0 fully saturated rings. The van der Waals surface area contributed by atoms with E-state index in [-0.39, 0.29) is 5.92 Å². The summed E-state index contributed by atoms with van der Waals surface area (Å²) in [6.45, 7) is 4.24. The van der Waals surface area contributed by atoms with E-state index in [1.165, 1.54) is 0 Å². The molecule has 0 saturated carbocycles. The number of para-hydroxylation sites is 1. The number of aromatic nitrogens is 5. The van der Waals surface area contributed by atoms with Crippen LogP contribution in [0.15, 0.2) is 60.8 Å². The highest BCUT2D eigenvalue weighted by Crippen LogP contribution is 2.45. The van der Waals surface area contributed by atoms with Gasteiger partial charge in [-0.2, -0.15) is 5.21 Å². The van der Waals surface area contributed by atoms with Gasteiger partial charge in [0.2, 0.25) is 5.82 Å². The number of nitrogens with zero attached hydrogens (tertiary/aromatic N) is 4. The highest BCUT2D eigenvalue weighted by atomic mass is 16.4. The number of H-pyrrole nitrogens is 1. The van der Waals surface area contributed by atoms with Gasteiger partial charge >= 0.3 is 5.97 Å². The summed E-state index contributed by atoms with van der Waals surface area (Å²) in [7, 11) is 0. The second kappa shape index (κ2) is 9.34. The van der Waals surface area contributed by atoms with Crippen LogP contribution >= 0.6 is 0 Å². The summed E-state index contributed by atoms with van der Waals surface area (Å²) in [6.07, 6.45) is 6.59. The quantitative estimate of drug-likeness (QED) is 0.334. The Labute approximate surface area is 187 Å². The molecule has 166 valence electrons. The van der Waals surface area contributed by atoms with Crippen LogP contribution in [0.25, 0.3) is 22.3 Å². The first-order valence-corrected chi connectivity index (χ1v) is 11.3. The minimum atomic E-state index is -1.32. The number of hydrogen-bond donors (Lipinski definition) is 2. The van der Waals surface area contributed by atoms with Crippen LogP contribution < -0.4 is 0 Å². The number of aromatic amines is 1. The molecule has 0 bridgehead atoms. The van der Waals surface area contributed by atoms with Gasteiger partial charge in [0.1, 0.15) is 0 Å². The number of nitrogens with one attached hydrogen (secondary N) is 1. The molecule has 2 aromatic heterocycles. The third kappa shape index (κ3) is 3.57. The Bertz CT molecular complexity index is 1180. The number of carboxylic acids is 1. The van der Waals surface area contributed by atoms with E-state index in [0.29, 0.717) is 17.0 Å². The van der Waals surface area contributed by atoms with Gasteiger partial charge in [0.05, 0.1) is 0 Å². The Kier molecular flexibility index (Phi) is 6.35. The van der Waals surface area contributed by atoms with Crippen molar-refractivity contribution in [3.63, 3.8) is 0 Å². The molecule has 2 aromatic carbocycles. The van der Waals surface area contributed by atoms with Gasteiger partial charge in [-0.15, -0.1) is 10.2 Å². The highest BCUT2D eigenvalue weighted by Gasteiger charge is 2.50. The third-order valence-corrected chi connectivity index (χ3v) is 6.47. The van der Waals surface area contributed by atoms with Crippen molar-refractivity contribution in [3.05, 3.63) is 66.4 Å². The van der Waals surface area contributed by atoms with E-state index in [1.54, 1.807) is 0 Å². The maximum atomic E-state index is 13.4. The Morgan fingerprint density at radius 2 is 1.88 bits per heavy atom. The van der Waals surface area contributed by atoms with Crippen LogP contribution in [-0.2, 0) is 10.3 Å². The van der Waals surface area contributed by atoms with Gasteiger partial charge in [0.15, 0.2) is 5.54 Å². The molecule has 4 aromatic rings. The van der Waals surface area contributed by atoms with E-state index in [0.717, 1.165) is 43.0 Å². The fourth-order valence-electron chi connectivity index (χ4n) is 4.97. The molecular weight excluding hydrogens is 402 g/mol. The average molecular weight is 432 g/mol. The molecule has 0 aliphatic rings. The van der Waals surface area contributed by atoms with Gasteiger partial charge in [-0.05, 0) is 35.1 Å². The molecule has 2 heterocycles. The van der Waals surface area contributed by atoms with Gasteiger partial charge in [0.25, 0.3) is 0 Å². The molecule has 0 aliphatic carbocycles. The largest absolute Gasteiger partial charge is 0.479 e. The standard InChI is InChI=1S/C25H29N5O2/c1-3-5-6-12-19(4-2)25(24(31)32,30-17-16-18-11-7-10-15-22(18)30)21-14-9-8-13-20(21)23-26-28-29-27-23/h7-11,13-17,19H,3-6,12H2,1-2H3,(H,31,32)(H,26,27,28,29)/t19?,25-/m0/s1. The van der Waals surface area contributed by atoms with Crippen molar-refractivity contribution in [2.24, 2.45) is 5.92 Å². The number of unbranched alkanes of at least 4 members (excludes halogenated alkanes) is 2. The predicted octanol–water partition coefficient (Wildman–Crippen LogP) is 5.26. The number of fused-ring (bicyclic) bond motifs is 1. The second-order valence-electron chi connectivity index (χ2n) is 8.20. The molecule has 2 atom stereocenters. The first-order valence-electron chi connectivity index (χ1n) is 11.3. The lowest BCUT2D eigenvalue weighted by Crippen LogP contribution is -2.49. The molecular formula is C25H29N5O2. The minimum absolute atomic E-state index is 0.129. The number of rotatable bonds is 10. The molecule has 0 aliphatic heterocycles. The summed E-state index contributed by atoms with van der Waals surface area (Å²) in [4.78, 5) is 13.4. The van der Waals surface area contributed by atoms with Crippen molar-refractivity contribution < 1.29 is 9.90 Å². The summed E-state index contributed by atoms with van der Waals surface area (Å²) in [5.41, 5.74) is 0.934. The van der Waals surface area contributed by atoms with Crippen molar-refractivity contribution >= 4 is 16.9 Å². The number of hydrogen-bond acceptors (Lipinski definition) is 4. The molecule has 4 rings (SSSR count). The number of carbonyl (C=O) groups is 1. The van der Waals surface area contributed by atoms with Crippen LogP contribution in [0.3, 0.4) is 0 Å². The second-order valence-corrected chi connectivity index (χ2v) is 8.20. The average Bonchev–Trinajstić information content (AvgIpc) is 3.49. The van der Waals surface area contributed by atoms with Crippen LogP contribution in [0.5, 0.6) is 0 Å². The Morgan fingerprint density at radius 3 is 2.59 bits per heavy atom. The summed E-state index contributed by atoms with van der Waals surface area (Å²) < 4.78 is 1.95. The molecule has 1 unspecified atom stereocenters. The van der Waals surface area contributed by atoms with Gasteiger partial charge in [-0.3, -0.25) is 0 Å². The van der Waals surface area contributed by atoms with E-state index in [1.807, 2.05) is 65.4 Å². The highest BCUT2D eigenvalue weighted by molar-refractivity contribution is 5.89. The SMILES string of the molecule is CCCCCC(CC)[C@@](C(=O)O)(c1ccccc1-c1nn[nH]n1)n1ccc2ccccc21. The topological polar surface area (TPSA) is 96.7 Å². The maximum Gasteiger partial charge on any atom is 0.334 e. The van der Waals surface area contributed by atoms with Crippen molar-refractivity contribution in [2.45, 2.75) is 51.5 Å². The lowest BCUT2D eigenvalue weighted by atomic mass is 9.72. The van der Waals surface area contributed by atoms with E-state index in [4.69, 9.17) is 0 Å². The Morgan fingerprint density at radius 1 is 1.09 bits per heavy atom.